The van der Waals surface area contributed by atoms with Crippen molar-refractivity contribution in [1.82, 2.24) is 4.90 Å². The third kappa shape index (κ3) is 16.6. The molecule has 0 unspecified atom stereocenters. The highest BCUT2D eigenvalue weighted by atomic mass is 16.5. The lowest BCUT2D eigenvalue weighted by Crippen LogP contribution is -2.41. The highest BCUT2D eigenvalue weighted by molar-refractivity contribution is 5.85. The van der Waals surface area contributed by atoms with Crippen molar-refractivity contribution in [1.29, 1.82) is 0 Å². The predicted octanol–water partition coefficient (Wildman–Crippen LogP) is 8.11. The smallest absolute Gasteiger partial charge is 0.328 e. The van der Waals surface area contributed by atoms with Crippen LogP contribution in [0.3, 0.4) is 0 Å². The number of aliphatic hydroxyl groups is 1. The molecule has 0 aromatic carbocycles. The van der Waals surface area contributed by atoms with Gasteiger partial charge in [0.15, 0.2) is 0 Å². The summed E-state index contributed by atoms with van der Waals surface area (Å²) in [4.78, 5) is 26.9. The van der Waals surface area contributed by atoms with Gasteiger partial charge in [-0.1, -0.05) is 136 Å². The molecule has 5 nitrogen and oxygen atoms in total. The zero-order chi connectivity index (χ0) is 26.3. The molecule has 36 heavy (non-hydrogen) atoms. The summed E-state index contributed by atoms with van der Waals surface area (Å²) in [6, 6.07) is -0.608. The van der Waals surface area contributed by atoms with E-state index in [0.29, 0.717) is 19.4 Å². The normalized spacial score (nSPS) is 17.6. The Hall–Kier alpha value is -1.10. The van der Waals surface area contributed by atoms with Crippen molar-refractivity contribution in [3.05, 3.63) is 0 Å². The molecule has 1 saturated heterocycles. The van der Waals surface area contributed by atoms with Gasteiger partial charge in [-0.15, -0.1) is 0 Å². The standard InChI is InChI=1S/C31H59NO4/c1-3-5-7-9-11-13-15-16-18-20-22-24-30(34)32-27-28(33)26-29(32)31(35)36-25-23-21-19-17-14-12-10-8-6-4-2/h28-29,33H,3-27H2,1-2H3/t28-,29+/m1/s1. The Labute approximate surface area is 223 Å². The fraction of sp³-hybridized carbons (Fsp3) is 0.935. The van der Waals surface area contributed by atoms with Crippen molar-refractivity contribution < 1.29 is 19.4 Å². The van der Waals surface area contributed by atoms with E-state index in [1.807, 2.05) is 0 Å². The molecule has 0 aromatic rings. The average Bonchev–Trinajstić information content (AvgIpc) is 3.27. The highest BCUT2D eigenvalue weighted by Crippen LogP contribution is 2.22. The van der Waals surface area contributed by atoms with Crippen LogP contribution in [0.5, 0.6) is 0 Å². The molecule has 1 heterocycles. The fourth-order valence-electron chi connectivity index (χ4n) is 5.26. The first-order chi connectivity index (χ1) is 17.6. The highest BCUT2D eigenvalue weighted by Gasteiger charge is 2.39. The second-order valence-electron chi connectivity index (χ2n) is 11.1. The van der Waals surface area contributed by atoms with Crippen molar-refractivity contribution in [3.63, 3.8) is 0 Å². The molecule has 1 N–H and O–H groups in total. The van der Waals surface area contributed by atoms with Gasteiger partial charge in [0.2, 0.25) is 5.91 Å². The lowest BCUT2D eigenvalue weighted by molar-refractivity contribution is -0.153. The minimum absolute atomic E-state index is 0.0108. The molecule has 1 aliphatic rings. The van der Waals surface area contributed by atoms with E-state index in [1.54, 1.807) is 4.90 Å². The number of aliphatic hydroxyl groups excluding tert-OH is 1. The molecular weight excluding hydrogens is 450 g/mol. The summed E-state index contributed by atoms with van der Waals surface area (Å²) in [5.41, 5.74) is 0. The second-order valence-corrected chi connectivity index (χ2v) is 11.1. The van der Waals surface area contributed by atoms with E-state index >= 15 is 0 Å². The number of carbonyl (C=O) groups is 2. The van der Waals surface area contributed by atoms with Crippen molar-refractivity contribution in [2.45, 2.75) is 174 Å². The summed E-state index contributed by atoms with van der Waals surface area (Å²) in [5.74, 6) is -0.349. The van der Waals surface area contributed by atoms with Crippen LogP contribution in [0.1, 0.15) is 162 Å². The number of amides is 1. The van der Waals surface area contributed by atoms with Gasteiger partial charge in [0.05, 0.1) is 12.7 Å². The molecule has 1 amide bonds. The van der Waals surface area contributed by atoms with Crippen molar-refractivity contribution >= 4 is 11.9 Å². The number of carbonyl (C=O) groups excluding carboxylic acids is 2. The lowest BCUT2D eigenvalue weighted by Gasteiger charge is -2.23. The van der Waals surface area contributed by atoms with Crippen LogP contribution in [0, 0.1) is 0 Å². The Bertz CT molecular complexity index is 493. The first-order valence-electron chi connectivity index (χ1n) is 15.7. The summed E-state index contributed by atoms with van der Waals surface area (Å²) >= 11 is 0. The van der Waals surface area contributed by atoms with Crippen molar-refractivity contribution in [2.24, 2.45) is 0 Å². The van der Waals surface area contributed by atoms with E-state index in [0.717, 1.165) is 25.7 Å². The zero-order valence-electron chi connectivity index (χ0n) is 24.0. The number of esters is 1. The van der Waals surface area contributed by atoms with Gasteiger partial charge in [0, 0.05) is 19.4 Å². The molecule has 1 rings (SSSR count). The number of β-amino-alcohol motifs (C(OH)–C–C–N with tert-alkyl or cyclic N) is 1. The number of hydrogen-bond acceptors (Lipinski definition) is 4. The van der Waals surface area contributed by atoms with Gasteiger partial charge in [-0.25, -0.2) is 4.79 Å². The van der Waals surface area contributed by atoms with Gasteiger partial charge in [-0.3, -0.25) is 4.79 Å². The van der Waals surface area contributed by atoms with E-state index in [2.05, 4.69) is 13.8 Å². The Morgan fingerprint density at radius 3 is 1.56 bits per heavy atom. The first kappa shape index (κ1) is 32.9. The molecule has 2 atom stereocenters. The summed E-state index contributed by atoms with van der Waals surface area (Å²) in [6.07, 6.45) is 26.3. The van der Waals surface area contributed by atoms with Crippen LogP contribution in [-0.4, -0.2) is 47.2 Å². The Morgan fingerprint density at radius 1 is 0.667 bits per heavy atom. The molecule has 0 aliphatic carbocycles. The molecule has 0 spiro atoms. The van der Waals surface area contributed by atoms with E-state index in [9.17, 15) is 14.7 Å². The fourth-order valence-corrected chi connectivity index (χ4v) is 5.26. The Balaban J connectivity index is 2.08. The molecule has 212 valence electrons. The maximum absolute atomic E-state index is 12.7. The Kier molecular flexibility index (Phi) is 21.1. The molecule has 0 radical (unpaired) electrons. The Morgan fingerprint density at radius 2 is 1.08 bits per heavy atom. The topological polar surface area (TPSA) is 66.8 Å². The van der Waals surface area contributed by atoms with Crippen molar-refractivity contribution in [2.75, 3.05) is 13.2 Å². The minimum Gasteiger partial charge on any atom is -0.464 e. The summed E-state index contributed by atoms with van der Waals surface area (Å²) in [5, 5.41) is 10.1. The first-order valence-corrected chi connectivity index (χ1v) is 15.7. The SMILES string of the molecule is CCCCCCCCCCCCCC(=O)N1C[C@H](O)C[C@H]1C(=O)OCCCCCCCCCCCC. The van der Waals surface area contributed by atoms with Gasteiger partial charge in [0.25, 0.3) is 0 Å². The number of nitrogens with zero attached hydrogens (tertiary/aromatic N) is 1. The van der Waals surface area contributed by atoms with Gasteiger partial charge >= 0.3 is 5.97 Å². The zero-order valence-corrected chi connectivity index (χ0v) is 24.0. The molecule has 5 heteroatoms. The van der Waals surface area contributed by atoms with Crippen LogP contribution in [0.25, 0.3) is 0 Å². The number of ether oxygens (including phenoxy) is 1. The number of hydrogen-bond donors (Lipinski definition) is 1. The average molecular weight is 510 g/mol. The van der Waals surface area contributed by atoms with E-state index in [1.165, 1.54) is 109 Å². The molecule has 1 fully saturated rings. The molecule has 0 aromatic heterocycles. The summed E-state index contributed by atoms with van der Waals surface area (Å²) in [7, 11) is 0. The van der Waals surface area contributed by atoms with Crippen LogP contribution in [0.15, 0.2) is 0 Å². The number of unbranched alkanes of at least 4 members (excludes halogenated alkanes) is 19. The van der Waals surface area contributed by atoms with Crippen LogP contribution in [0.2, 0.25) is 0 Å². The van der Waals surface area contributed by atoms with Crippen LogP contribution in [-0.2, 0) is 14.3 Å². The second kappa shape index (κ2) is 23.0. The lowest BCUT2D eigenvalue weighted by atomic mass is 10.1. The van der Waals surface area contributed by atoms with E-state index in [-0.39, 0.29) is 18.4 Å². The third-order valence-corrected chi connectivity index (χ3v) is 7.61. The molecule has 0 bridgehead atoms. The van der Waals surface area contributed by atoms with Crippen LogP contribution in [0.4, 0.5) is 0 Å². The third-order valence-electron chi connectivity index (χ3n) is 7.61. The maximum Gasteiger partial charge on any atom is 0.328 e. The quantitative estimate of drug-likeness (QED) is 0.105. The molecule has 1 aliphatic heterocycles. The maximum atomic E-state index is 12.7. The van der Waals surface area contributed by atoms with Gasteiger partial charge in [-0.05, 0) is 12.8 Å². The van der Waals surface area contributed by atoms with Crippen molar-refractivity contribution in [3.8, 4) is 0 Å². The summed E-state index contributed by atoms with van der Waals surface area (Å²) < 4.78 is 5.49. The van der Waals surface area contributed by atoms with Gasteiger partial charge < -0.3 is 14.7 Å². The number of likely N-dealkylation sites (tertiary alicyclic amines) is 1. The molecular formula is C31H59NO4. The molecule has 0 saturated carbocycles. The predicted molar refractivity (Wildman–Crippen MR) is 150 cm³/mol. The van der Waals surface area contributed by atoms with Gasteiger partial charge in [0.1, 0.15) is 6.04 Å². The van der Waals surface area contributed by atoms with E-state index in [4.69, 9.17) is 4.74 Å². The summed E-state index contributed by atoms with van der Waals surface area (Å²) in [6.45, 7) is 5.18. The number of rotatable bonds is 24. The van der Waals surface area contributed by atoms with Crippen LogP contribution < -0.4 is 0 Å². The van der Waals surface area contributed by atoms with Crippen LogP contribution >= 0.6 is 0 Å². The van der Waals surface area contributed by atoms with Gasteiger partial charge in [-0.2, -0.15) is 0 Å². The largest absolute Gasteiger partial charge is 0.464 e. The van der Waals surface area contributed by atoms with E-state index < -0.39 is 12.1 Å². The monoisotopic (exact) mass is 509 g/mol. The minimum atomic E-state index is -0.624.